The van der Waals surface area contributed by atoms with Gasteiger partial charge in [0, 0.05) is 24.8 Å². The minimum atomic E-state index is -0.383. The summed E-state index contributed by atoms with van der Waals surface area (Å²) in [6, 6.07) is 17.2. The summed E-state index contributed by atoms with van der Waals surface area (Å²) >= 11 is 0. The van der Waals surface area contributed by atoms with E-state index < -0.39 is 0 Å². The fraction of sp³-hybridized carbons (Fsp3) is 0.435. The molecule has 2 aliphatic heterocycles. The third-order valence-electron chi connectivity index (χ3n) is 5.73. The van der Waals surface area contributed by atoms with E-state index in [1.807, 2.05) is 42.5 Å². The Morgan fingerprint density at radius 2 is 1.89 bits per heavy atom. The first-order valence-electron chi connectivity index (χ1n) is 10.1. The van der Waals surface area contributed by atoms with Crippen LogP contribution in [0.25, 0.3) is 11.1 Å². The molecule has 5 nitrogen and oxygen atoms in total. The number of carbonyl (C=O) groups excluding carboxylic acids is 1. The maximum atomic E-state index is 12.4. The molecule has 0 spiro atoms. The van der Waals surface area contributed by atoms with Crippen molar-refractivity contribution in [2.75, 3.05) is 19.0 Å². The summed E-state index contributed by atoms with van der Waals surface area (Å²) in [5.41, 5.74) is 3.86. The summed E-state index contributed by atoms with van der Waals surface area (Å²) in [6.07, 6.45) is 4.33. The average molecular weight is 380 g/mol. The molecule has 2 bridgehead atoms. The number of hydrogen-bond acceptors (Lipinski definition) is 4. The van der Waals surface area contributed by atoms with Gasteiger partial charge in [-0.05, 0) is 54.9 Å². The van der Waals surface area contributed by atoms with E-state index in [9.17, 15) is 4.79 Å². The molecule has 2 aromatic rings. The van der Waals surface area contributed by atoms with Crippen LogP contribution in [0, 0.1) is 5.92 Å². The summed E-state index contributed by atoms with van der Waals surface area (Å²) in [5, 5.41) is 6.55. The predicted octanol–water partition coefficient (Wildman–Crippen LogP) is 4.58. The van der Waals surface area contributed by atoms with Crippen molar-refractivity contribution in [2.45, 2.75) is 44.4 Å². The standard InChI is InChI=1S/C23H28N2O3/c1-27-14-16-5-4-6-18(11-16)21-7-2-3-8-22(21)25-23(26)28-15-17-12-19-9-10-20(13-17)24-19/h2-8,11,17,19-20,24H,9-10,12-15H2,1H3,(H,25,26). The number of para-hydroxylation sites is 1. The van der Waals surface area contributed by atoms with Crippen LogP contribution in [0.15, 0.2) is 48.5 Å². The molecule has 2 heterocycles. The zero-order valence-corrected chi connectivity index (χ0v) is 16.3. The van der Waals surface area contributed by atoms with Gasteiger partial charge in [0.15, 0.2) is 0 Å². The molecule has 2 saturated heterocycles. The van der Waals surface area contributed by atoms with E-state index in [-0.39, 0.29) is 6.09 Å². The van der Waals surface area contributed by atoms with Crippen LogP contribution in [0.1, 0.15) is 31.2 Å². The van der Waals surface area contributed by atoms with E-state index in [0.717, 1.165) is 35.2 Å². The molecule has 5 heteroatoms. The lowest BCUT2D eigenvalue weighted by molar-refractivity contribution is 0.122. The summed E-state index contributed by atoms with van der Waals surface area (Å²) < 4.78 is 10.8. The minimum absolute atomic E-state index is 0.383. The number of benzene rings is 2. The predicted molar refractivity (Wildman–Crippen MR) is 110 cm³/mol. The Kier molecular flexibility index (Phi) is 5.93. The van der Waals surface area contributed by atoms with E-state index in [2.05, 4.69) is 16.7 Å². The molecule has 0 saturated carbocycles. The third kappa shape index (κ3) is 4.54. The molecule has 2 aliphatic rings. The lowest BCUT2D eigenvalue weighted by Gasteiger charge is -2.28. The van der Waals surface area contributed by atoms with Gasteiger partial charge in [-0.2, -0.15) is 0 Å². The van der Waals surface area contributed by atoms with Gasteiger partial charge in [0.05, 0.1) is 18.9 Å². The highest BCUT2D eigenvalue weighted by Gasteiger charge is 2.33. The van der Waals surface area contributed by atoms with Gasteiger partial charge in [0.1, 0.15) is 0 Å². The molecule has 0 aromatic heterocycles. The molecule has 28 heavy (non-hydrogen) atoms. The van der Waals surface area contributed by atoms with Crippen molar-refractivity contribution in [1.29, 1.82) is 0 Å². The van der Waals surface area contributed by atoms with Gasteiger partial charge in [-0.15, -0.1) is 0 Å². The number of methoxy groups -OCH3 is 1. The van der Waals surface area contributed by atoms with Crippen LogP contribution in [-0.4, -0.2) is 31.9 Å². The summed E-state index contributed by atoms with van der Waals surface area (Å²) in [5.74, 6) is 0.463. The normalized spacial score (nSPS) is 23.4. The fourth-order valence-electron chi connectivity index (χ4n) is 4.49. The molecule has 148 valence electrons. The lowest BCUT2D eigenvalue weighted by Crippen LogP contribution is -2.39. The van der Waals surface area contributed by atoms with Crippen LogP contribution >= 0.6 is 0 Å². The maximum Gasteiger partial charge on any atom is 0.411 e. The summed E-state index contributed by atoms with van der Waals surface area (Å²) in [4.78, 5) is 12.4. The number of piperidine rings is 1. The van der Waals surface area contributed by atoms with Gasteiger partial charge in [-0.3, -0.25) is 5.32 Å². The first kappa shape index (κ1) is 19.0. The zero-order chi connectivity index (χ0) is 19.3. The number of carbonyl (C=O) groups is 1. The van der Waals surface area contributed by atoms with Crippen LogP contribution in [0.3, 0.4) is 0 Å². The fourth-order valence-corrected chi connectivity index (χ4v) is 4.49. The van der Waals surface area contributed by atoms with E-state index in [4.69, 9.17) is 9.47 Å². The SMILES string of the molecule is COCc1cccc(-c2ccccc2NC(=O)OCC2CC3CCC(C2)N3)c1. The van der Waals surface area contributed by atoms with Crippen LogP contribution in [0.5, 0.6) is 0 Å². The largest absolute Gasteiger partial charge is 0.449 e. The van der Waals surface area contributed by atoms with Gasteiger partial charge in [-0.25, -0.2) is 4.79 Å². The van der Waals surface area contributed by atoms with Gasteiger partial charge >= 0.3 is 6.09 Å². The van der Waals surface area contributed by atoms with Crippen molar-refractivity contribution >= 4 is 11.8 Å². The molecule has 2 unspecified atom stereocenters. The highest BCUT2D eigenvalue weighted by molar-refractivity contribution is 5.91. The molecular weight excluding hydrogens is 352 g/mol. The van der Waals surface area contributed by atoms with Crippen LogP contribution in [-0.2, 0) is 16.1 Å². The maximum absolute atomic E-state index is 12.4. The van der Waals surface area contributed by atoms with E-state index in [0.29, 0.717) is 31.2 Å². The third-order valence-corrected chi connectivity index (χ3v) is 5.73. The number of anilines is 1. The summed E-state index contributed by atoms with van der Waals surface area (Å²) in [6.45, 7) is 1.05. The number of fused-ring (bicyclic) bond motifs is 2. The Morgan fingerprint density at radius 3 is 2.68 bits per heavy atom. The van der Waals surface area contributed by atoms with E-state index in [1.54, 1.807) is 7.11 Å². The first-order valence-corrected chi connectivity index (χ1v) is 10.1. The quantitative estimate of drug-likeness (QED) is 0.770. The number of hydrogen-bond donors (Lipinski definition) is 2. The molecular formula is C23H28N2O3. The number of amides is 1. The molecule has 2 atom stereocenters. The Bertz CT molecular complexity index is 811. The van der Waals surface area contributed by atoms with Gasteiger partial charge in [0.25, 0.3) is 0 Å². The highest BCUT2D eigenvalue weighted by Crippen LogP contribution is 2.31. The number of rotatable bonds is 6. The van der Waals surface area contributed by atoms with Crippen molar-refractivity contribution in [2.24, 2.45) is 5.92 Å². The number of ether oxygens (including phenoxy) is 2. The zero-order valence-electron chi connectivity index (χ0n) is 16.3. The molecule has 2 fully saturated rings. The van der Waals surface area contributed by atoms with Crippen LogP contribution in [0.4, 0.5) is 10.5 Å². The highest BCUT2D eigenvalue weighted by atomic mass is 16.5. The number of nitrogens with one attached hydrogen (secondary N) is 2. The lowest BCUT2D eigenvalue weighted by atomic mass is 9.93. The Balaban J connectivity index is 1.39. The van der Waals surface area contributed by atoms with Crippen LogP contribution < -0.4 is 10.6 Å². The van der Waals surface area contributed by atoms with Gasteiger partial charge < -0.3 is 14.8 Å². The monoisotopic (exact) mass is 380 g/mol. The van der Waals surface area contributed by atoms with Crippen molar-refractivity contribution in [1.82, 2.24) is 5.32 Å². The second kappa shape index (κ2) is 8.76. The Labute approximate surface area is 166 Å². The molecule has 0 aliphatic carbocycles. The topological polar surface area (TPSA) is 59.6 Å². The molecule has 2 N–H and O–H groups in total. The molecule has 2 aromatic carbocycles. The Morgan fingerprint density at radius 1 is 1.11 bits per heavy atom. The van der Waals surface area contributed by atoms with Crippen molar-refractivity contribution in [3.05, 3.63) is 54.1 Å². The average Bonchev–Trinajstić information content (AvgIpc) is 3.05. The van der Waals surface area contributed by atoms with Gasteiger partial charge in [0.2, 0.25) is 0 Å². The second-order valence-corrected chi connectivity index (χ2v) is 7.88. The minimum Gasteiger partial charge on any atom is -0.449 e. The Hall–Kier alpha value is -2.37. The van der Waals surface area contributed by atoms with E-state index >= 15 is 0 Å². The van der Waals surface area contributed by atoms with Crippen molar-refractivity contribution in [3.63, 3.8) is 0 Å². The van der Waals surface area contributed by atoms with Crippen molar-refractivity contribution in [3.8, 4) is 11.1 Å². The molecule has 0 radical (unpaired) electrons. The van der Waals surface area contributed by atoms with Crippen LogP contribution in [0.2, 0.25) is 0 Å². The molecule has 1 amide bonds. The second-order valence-electron chi connectivity index (χ2n) is 7.88. The summed E-state index contributed by atoms with van der Waals surface area (Å²) in [7, 11) is 1.69. The van der Waals surface area contributed by atoms with Gasteiger partial charge in [-0.1, -0.05) is 36.4 Å². The van der Waals surface area contributed by atoms with Crippen molar-refractivity contribution < 1.29 is 14.3 Å². The van der Waals surface area contributed by atoms with E-state index in [1.165, 1.54) is 12.8 Å². The smallest absolute Gasteiger partial charge is 0.411 e. The first-order chi connectivity index (χ1) is 13.7. The molecule has 4 rings (SSSR count).